The van der Waals surface area contributed by atoms with Crippen LogP contribution in [0.5, 0.6) is 0 Å². The summed E-state index contributed by atoms with van der Waals surface area (Å²) in [6.07, 6.45) is 8.65. The fraction of sp³-hybridized carbons (Fsp3) is 0.500. The molecule has 0 spiro atoms. The number of sulfonamides is 1. The van der Waals surface area contributed by atoms with Crippen molar-refractivity contribution in [3.63, 3.8) is 0 Å². The van der Waals surface area contributed by atoms with Crippen LogP contribution in [0.2, 0.25) is 10.0 Å². The topological polar surface area (TPSA) is 116 Å². The highest BCUT2D eigenvalue weighted by molar-refractivity contribution is 7.90. The molecule has 2 saturated heterocycles. The fourth-order valence-electron chi connectivity index (χ4n) is 6.70. The minimum atomic E-state index is -3.78. The number of hydrogen-bond donors (Lipinski definition) is 1. The van der Waals surface area contributed by atoms with E-state index in [0.717, 1.165) is 43.6 Å². The highest BCUT2D eigenvalue weighted by Gasteiger charge is 2.45. The number of pyridine rings is 1. The maximum absolute atomic E-state index is 12.7. The van der Waals surface area contributed by atoms with E-state index >= 15 is 0 Å². The summed E-state index contributed by atoms with van der Waals surface area (Å²) in [5, 5.41) is 5.13. The van der Waals surface area contributed by atoms with E-state index in [4.69, 9.17) is 32.7 Å². The van der Waals surface area contributed by atoms with Crippen molar-refractivity contribution < 1.29 is 22.7 Å². The van der Waals surface area contributed by atoms with Gasteiger partial charge in [-0.3, -0.25) is 4.79 Å². The number of aromatic nitrogens is 3. The molecule has 13 heteroatoms. The number of rotatable bonds is 9. The number of piperidine rings is 1. The first-order valence-corrected chi connectivity index (χ1v) is 17.1. The molecule has 1 amide bonds. The van der Waals surface area contributed by atoms with Crippen LogP contribution in [0.15, 0.2) is 42.7 Å². The molecule has 2 aliphatic heterocycles. The number of nitrogens with one attached hydrogen (secondary N) is 1. The standard InChI is InChI=1S/C30H33Cl2N5O5S/c31-24-2-1-3-25(32)29(24)37-27(23(15-34-37)18-4-5-18)17-42-28-13-21-12-19(28)16-36(21)20-6-7-26(33-14-20)30(38)35-43(39,40)22-8-10-41-11-9-22/h1-3,6-7,14-15,18-19,21-22,28H,4-5,8-13,16-17H2,(H,35,38)/t19-,21-,28?/m0/s1. The Morgan fingerprint density at radius 1 is 1.05 bits per heavy atom. The zero-order valence-electron chi connectivity index (χ0n) is 23.5. The molecule has 2 aromatic heterocycles. The Bertz CT molecular complexity index is 1600. The molecular weight excluding hydrogens is 613 g/mol. The number of nitrogens with zero attached hydrogens (tertiary/aromatic N) is 4. The molecule has 4 aliphatic rings. The second kappa shape index (κ2) is 11.7. The lowest BCUT2D eigenvalue weighted by molar-refractivity contribution is 0.00992. The number of fused-ring (bicyclic) bond motifs is 2. The normalized spacial score (nSPS) is 24.0. The quantitative estimate of drug-likeness (QED) is 0.350. The Kier molecular flexibility index (Phi) is 7.88. The summed E-state index contributed by atoms with van der Waals surface area (Å²) in [7, 11) is -3.78. The van der Waals surface area contributed by atoms with Gasteiger partial charge in [0.05, 0.1) is 51.8 Å². The second-order valence-corrected chi connectivity index (χ2v) is 14.7. The molecule has 3 aromatic rings. The second-order valence-electron chi connectivity index (χ2n) is 11.9. The van der Waals surface area contributed by atoms with Crippen molar-refractivity contribution in [2.24, 2.45) is 5.92 Å². The van der Waals surface area contributed by atoms with Crippen LogP contribution in [0.25, 0.3) is 5.69 Å². The lowest BCUT2D eigenvalue weighted by Gasteiger charge is -2.33. The third kappa shape index (κ3) is 5.78. The molecule has 1 N–H and O–H groups in total. The number of benzene rings is 1. The van der Waals surface area contributed by atoms with Crippen molar-refractivity contribution in [2.45, 2.75) is 68.4 Å². The van der Waals surface area contributed by atoms with Gasteiger partial charge < -0.3 is 14.4 Å². The largest absolute Gasteiger partial charge is 0.381 e. The number of ether oxygens (including phenoxy) is 2. The molecule has 7 rings (SSSR count). The van der Waals surface area contributed by atoms with Gasteiger partial charge in [0.1, 0.15) is 11.4 Å². The number of para-hydroxylation sites is 1. The molecule has 43 heavy (non-hydrogen) atoms. The fourth-order valence-corrected chi connectivity index (χ4v) is 8.60. The summed E-state index contributed by atoms with van der Waals surface area (Å²) in [5.41, 5.74) is 3.88. The molecule has 2 saturated carbocycles. The number of hydrogen-bond acceptors (Lipinski definition) is 8. The molecule has 4 fully saturated rings. The van der Waals surface area contributed by atoms with Gasteiger partial charge >= 0.3 is 0 Å². The molecule has 10 nitrogen and oxygen atoms in total. The monoisotopic (exact) mass is 645 g/mol. The number of halogens is 2. The summed E-state index contributed by atoms with van der Waals surface area (Å²) in [4.78, 5) is 19.3. The van der Waals surface area contributed by atoms with Gasteiger partial charge in [-0.1, -0.05) is 29.3 Å². The molecular formula is C30H33Cl2N5O5S. The molecule has 4 heterocycles. The number of carbonyl (C=O) groups excluding carboxylic acids is 1. The molecule has 3 atom stereocenters. The minimum Gasteiger partial charge on any atom is -0.381 e. The number of carbonyl (C=O) groups is 1. The van der Waals surface area contributed by atoms with Crippen molar-refractivity contribution in [2.75, 3.05) is 24.7 Å². The molecule has 228 valence electrons. The summed E-state index contributed by atoms with van der Waals surface area (Å²) in [6, 6.07) is 9.19. The van der Waals surface area contributed by atoms with Gasteiger partial charge in [-0.15, -0.1) is 0 Å². The minimum absolute atomic E-state index is 0.0756. The predicted octanol–water partition coefficient (Wildman–Crippen LogP) is 4.87. The highest BCUT2D eigenvalue weighted by Crippen LogP contribution is 2.45. The summed E-state index contributed by atoms with van der Waals surface area (Å²) in [6.45, 7) is 2.01. The van der Waals surface area contributed by atoms with Gasteiger partial charge in [0, 0.05) is 31.7 Å². The van der Waals surface area contributed by atoms with E-state index in [1.807, 2.05) is 35.1 Å². The Hall–Kier alpha value is -2.70. The van der Waals surface area contributed by atoms with Gasteiger partial charge in [-0.25, -0.2) is 22.8 Å². The first-order chi connectivity index (χ1) is 20.8. The van der Waals surface area contributed by atoms with Crippen LogP contribution in [0, 0.1) is 5.92 Å². The Morgan fingerprint density at radius 2 is 1.81 bits per heavy atom. The van der Waals surface area contributed by atoms with Crippen molar-refractivity contribution in [1.82, 2.24) is 19.5 Å². The van der Waals surface area contributed by atoms with Crippen molar-refractivity contribution in [3.8, 4) is 5.69 Å². The van der Waals surface area contributed by atoms with Gasteiger partial charge in [0.25, 0.3) is 5.91 Å². The number of amides is 1. The van der Waals surface area contributed by atoms with E-state index in [0.29, 0.717) is 66.3 Å². The van der Waals surface area contributed by atoms with Crippen molar-refractivity contribution >= 4 is 44.8 Å². The summed E-state index contributed by atoms with van der Waals surface area (Å²) >= 11 is 13.1. The average molecular weight is 647 g/mol. The van der Waals surface area contributed by atoms with Crippen molar-refractivity contribution in [1.29, 1.82) is 0 Å². The zero-order valence-corrected chi connectivity index (χ0v) is 25.8. The molecule has 2 aliphatic carbocycles. The molecule has 2 bridgehead atoms. The maximum Gasteiger partial charge on any atom is 0.283 e. The predicted molar refractivity (Wildman–Crippen MR) is 162 cm³/mol. The van der Waals surface area contributed by atoms with Crippen LogP contribution in [0.3, 0.4) is 0 Å². The van der Waals surface area contributed by atoms with E-state index in [9.17, 15) is 13.2 Å². The van der Waals surface area contributed by atoms with Crippen LogP contribution in [0.4, 0.5) is 5.69 Å². The van der Waals surface area contributed by atoms with Crippen LogP contribution in [0.1, 0.15) is 66.2 Å². The van der Waals surface area contributed by atoms with Gasteiger partial charge in [-0.2, -0.15) is 5.10 Å². The zero-order chi connectivity index (χ0) is 29.7. The van der Waals surface area contributed by atoms with E-state index in [1.54, 1.807) is 12.3 Å². The summed E-state index contributed by atoms with van der Waals surface area (Å²) in [5.74, 6) is 0.156. The van der Waals surface area contributed by atoms with E-state index in [1.165, 1.54) is 5.56 Å². The lowest BCUT2D eigenvalue weighted by atomic mass is 10.1. The van der Waals surface area contributed by atoms with Crippen LogP contribution >= 0.6 is 23.2 Å². The van der Waals surface area contributed by atoms with Gasteiger partial charge in [-0.05, 0) is 74.3 Å². The third-order valence-electron chi connectivity index (χ3n) is 9.13. The molecule has 1 aromatic carbocycles. The molecule has 0 radical (unpaired) electrons. The van der Waals surface area contributed by atoms with Crippen LogP contribution < -0.4 is 9.62 Å². The number of anilines is 1. The Balaban J connectivity index is 0.986. The van der Waals surface area contributed by atoms with Crippen LogP contribution in [-0.4, -0.2) is 66.2 Å². The smallest absolute Gasteiger partial charge is 0.283 e. The molecule has 1 unspecified atom stereocenters. The Morgan fingerprint density at radius 3 is 2.47 bits per heavy atom. The highest BCUT2D eigenvalue weighted by atomic mass is 35.5. The SMILES string of the molecule is O=C(NS(=O)(=O)C1CCOCC1)c1ccc(N2C[C@@H]3C[C@H]2CC3OCc2c(C3CC3)cnn2-c2c(Cl)cccc2Cl)cn1. The van der Waals surface area contributed by atoms with Gasteiger partial charge in [0.2, 0.25) is 10.0 Å². The van der Waals surface area contributed by atoms with Crippen LogP contribution in [-0.2, 0) is 26.1 Å². The first kappa shape index (κ1) is 29.0. The van der Waals surface area contributed by atoms with E-state index in [-0.39, 0.29) is 11.8 Å². The van der Waals surface area contributed by atoms with E-state index in [2.05, 4.69) is 19.7 Å². The van der Waals surface area contributed by atoms with Gasteiger partial charge in [0.15, 0.2) is 0 Å². The van der Waals surface area contributed by atoms with Crippen molar-refractivity contribution in [3.05, 3.63) is 69.7 Å². The third-order valence-corrected chi connectivity index (χ3v) is 11.6. The Labute approximate surface area is 260 Å². The van der Waals surface area contributed by atoms with E-state index < -0.39 is 21.2 Å². The maximum atomic E-state index is 12.7. The average Bonchev–Trinajstić information content (AvgIpc) is 3.45. The summed E-state index contributed by atoms with van der Waals surface area (Å²) < 4.78 is 41.1. The lowest BCUT2D eigenvalue weighted by Crippen LogP contribution is -2.41. The first-order valence-electron chi connectivity index (χ1n) is 14.8.